The summed E-state index contributed by atoms with van der Waals surface area (Å²) in [6, 6.07) is 11.2. The lowest BCUT2D eigenvalue weighted by Crippen LogP contribution is -2.42. The van der Waals surface area contributed by atoms with Crippen LogP contribution in [0.15, 0.2) is 30.3 Å². The van der Waals surface area contributed by atoms with E-state index in [4.69, 9.17) is 5.11 Å². The number of benzene rings is 1. The molecule has 0 aromatic heterocycles. The first kappa shape index (κ1) is 14.5. The van der Waals surface area contributed by atoms with Crippen molar-refractivity contribution in [3.63, 3.8) is 0 Å². The molecule has 106 valence electrons. The van der Waals surface area contributed by atoms with Gasteiger partial charge in [-0.2, -0.15) is 0 Å². The van der Waals surface area contributed by atoms with Crippen LogP contribution in [0.4, 0.5) is 0 Å². The van der Waals surface area contributed by atoms with Crippen LogP contribution in [-0.4, -0.2) is 42.8 Å². The molecular formula is C16H26N2O. The smallest absolute Gasteiger partial charge is 0.0445 e. The quantitative estimate of drug-likeness (QED) is 0.821. The molecule has 1 fully saturated rings. The van der Waals surface area contributed by atoms with Crippen LogP contribution in [0.2, 0.25) is 0 Å². The number of hydrogen-bond donors (Lipinski definition) is 2. The Kier molecular flexibility index (Phi) is 5.83. The largest absolute Gasteiger partial charge is 0.396 e. The standard InChI is InChI=1S/C16H26N2O/c1-17-16(9-12-19)15-7-10-18(11-8-15)13-14-5-3-2-4-6-14/h2-6,15-17,19H,7-13H2,1H3/t16-/m1/s1. The van der Waals surface area contributed by atoms with Crippen molar-refractivity contribution in [1.29, 1.82) is 0 Å². The molecule has 2 N–H and O–H groups in total. The van der Waals surface area contributed by atoms with E-state index in [1.54, 1.807) is 0 Å². The monoisotopic (exact) mass is 262 g/mol. The molecule has 1 atom stereocenters. The summed E-state index contributed by atoms with van der Waals surface area (Å²) < 4.78 is 0. The first-order chi connectivity index (χ1) is 9.33. The fourth-order valence-corrected chi connectivity index (χ4v) is 3.11. The van der Waals surface area contributed by atoms with Gasteiger partial charge in [0.15, 0.2) is 0 Å². The number of nitrogens with zero attached hydrogens (tertiary/aromatic N) is 1. The molecule has 1 saturated heterocycles. The minimum absolute atomic E-state index is 0.287. The molecule has 1 aliphatic rings. The Balaban J connectivity index is 1.79. The zero-order valence-electron chi connectivity index (χ0n) is 11.9. The molecule has 1 aromatic carbocycles. The van der Waals surface area contributed by atoms with Crippen LogP contribution in [0, 0.1) is 5.92 Å². The number of aliphatic hydroxyl groups is 1. The van der Waals surface area contributed by atoms with Crippen LogP contribution in [0.25, 0.3) is 0 Å². The topological polar surface area (TPSA) is 35.5 Å². The molecule has 0 aliphatic carbocycles. The van der Waals surface area contributed by atoms with Gasteiger partial charge in [-0.25, -0.2) is 0 Å². The van der Waals surface area contributed by atoms with Crippen molar-refractivity contribution in [2.75, 3.05) is 26.7 Å². The number of piperidine rings is 1. The van der Waals surface area contributed by atoms with Crippen LogP contribution in [0.5, 0.6) is 0 Å². The molecule has 0 bridgehead atoms. The van der Waals surface area contributed by atoms with Crippen molar-refractivity contribution < 1.29 is 5.11 Å². The molecule has 2 rings (SSSR count). The molecule has 0 amide bonds. The Labute approximate surface area is 116 Å². The normalized spacial score (nSPS) is 19.5. The molecule has 1 heterocycles. The van der Waals surface area contributed by atoms with Crippen LogP contribution >= 0.6 is 0 Å². The van der Waals surface area contributed by atoms with Gasteiger partial charge in [0.1, 0.15) is 0 Å². The highest BCUT2D eigenvalue weighted by Crippen LogP contribution is 2.23. The predicted octanol–water partition coefficient (Wildman–Crippen LogP) is 1.87. The summed E-state index contributed by atoms with van der Waals surface area (Å²) in [4.78, 5) is 2.54. The third-order valence-electron chi connectivity index (χ3n) is 4.26. The Hall–Kier alpha value is -0.900. The van der Waals surface area contributed by atoms with Crippen molar-refractivity contribution in [3.05, 3.63) is 35.9 Å². The summed E-state index contributed by atoms with van der Waals surface area (Å²) in [6.07, 6.45) is 3.34. The molecule has 19 heavy (non-hydrogen) atoms. The second kappa shape index (κ2) is 7.63. The maximum Gasteiger partial charge on any atom is 0.0445 e. The van der Waals surface area contributed by atoms with Crippen molar-refractivity contribution in [2.24, 2.45) is 5.92 Å². The van der Waals surface area contributed by atoms with E-state index in [1.165, 1.54) is 31.5 Å². The van der Waals surface area contributed by atoms with Gasteiger partial charge in [-0.3, -0.25) is 4.90 Å². The van der Waals surface area contributed by atoms with E-state index in [-0.39, 0.29) is 6.61 Å². The SMILES string of the molecule is CN[C@H](CCO)C1CCN(Cc2ccccc2)CC1. The highest BCUT2D eigenvalue weighted by molar-refractivity contribution is 5.14. The molecule has 0 radical (unpaired) electrons. The minimum Gasteiger partial charge on any atom is -0.396 e. The van der Waals surface area contributed by atoms with Crippen molar-refractivity contribution in [3.8, 4) is 0 Å². The number of aliphatic hydroxyl groups excluding tert-OH is 1. The number of rotatable bonds is 6. The van der Waals surface area contributed by atoms with Crippen LogP contribution in [0.3, 0.4) is 0 Å². The average Bonchev–Trinajstić information content (AvgIpc) is 2.47. The van der Waals surface area contributed by atoms with E-state index in [9.17, 15) is 0 Å². The zero-order chi connectivity index (χ0) is 13.5. The van der Waals surface area contributed by atoms with E-state index >= 15 is 0 Å². The maximum atomic E-state index is 9.09. The van der Waals surface area contributed by atoms with Crippen LogP contribution in [-0.2, 0) is 6.54 Å². The van der Waals surface area contributed by atoms with Gasteiger partial charge in [0, 0.05) is 19.2 Å². The van der Waals surface area contributed by atoms with Gasteiger partial charge in [-0.15, -0.1) is 0 Å². The predicted molar refractivity (Wildman–Crippen MR) is 79.0 cm³/mol. The van der Waals surface area contributed by atoms with E-state index in [0.29, 0.717) is 12.0 Å². The number of likely N-dealkylation sites (tertiary alicyclic amines) is 1. The van der Waals surface area contributed by atoms with Crippen LogP contribution in [0.1, 0.15) is 24.8 Å². The molecule has 1 aliphatic heterocycles. The lowest BCUT2D eigenvalue weighted by atomic mass is 9.87. The van der Waals surface area contributed by atoms with Gasteiger partial charge in [0.05, 0.1) is 0 Å². The van der Waals surface area contributed by atoms with Gasteiger partial charge >= 0.3 is 0 Å². The molecule has 0 unspecified atom stereocenters. The highest BCUT2D eigenvalue weighted by Gasteiger charge is 2.25. The van der Waals surface area contributed by atoms with E-state index in [2.05, 4.69) is 40.5 Å². The van der Waals surface area contributed by atoms with E-state index in [0.717, 1.165) is 13.0 Å². The first-order valence-corrected chi connectivity index (χ1v) is 7.38. The first-order valence-electron chi connectivity index (χ1n) is 7.38. The third-order valence-corrected chi connectivity index (χ3v) is 4.26. The molecule has 0 saturated carbocycles. The van der Waals surface area contributed by atoms with E-state index in [1.807, 2.05) is 7.05 Å². The molecule has 0 spiro atoms. The van der Waals surface area contributed by atoms with Crippen molar-refractivity contribution in [1.82, 2.24) is 10.2 Å². The van der Waals surface area contributed by atoms with Crippen molar-refractivity contribution in [2.45, 2.75) is 31.8 Å². The maximum absolute atomic E-state index is 9.09. The Morgan fingerprint density at radius 3 is 2.53 bits per heavy atom. The summed E-state index contributed by atoms with van der Waals surface area (Å²) in [5, 5.41) is 12.5. The zero-order valence-corrected chi connectivity index (χ0v) is 11.9. The Morgan fingerprint density at radius 2 is 1.95 bits per heavy atom. The summed E-state index contributed by atoms with van der Waals surface area (Å²) in [7, 11) is 2.01. The number of nitrogens with one attached hydrogen (secondary N) is 1. The van der Waals surface area contributed by atoms with Gasteiger partial charge < -0.3 is 10.4 Å². The fourth-order valence-electron chi connectivity index (χ4n) is 3.11. The summed E-state index contributed by atoms with van der Waals surface area (Å²) in [5.74, 6) is 0.712. The summed E-state index contributed by atoms with van der Waals surface area (Å²) in [5.41, 5.74) is 1.40. The van der Waals surface area contributed by atoms with E-state index < -0.39 is 0 Å². The van der Waals surface area contributed by atoms with Gasteiger partial charge in [-0.05, 0) is 50.9 Å². The molecule has 1 aromatic rings. The third kappa shape index (κ3) is 4.30. The summed E-state index contributed by atoms with van der Waals surface area (Å²) >= 11 is 0. The number of hydrogen-bond acceptors (Lipinski definition) is 3. The lowest BCUT2D eigenvalue weighted by molar-refractivity contribution is 0.142. The highest BCUT2D eigenvalue weighted by atomic mass is 16.3. The second-order valence-corrected chi connectivity index (χ2v) is 5.51. The van der Waals surface area contributed by atoms with Crippen molar-refractivity contribution >= 4 is 0 Å². The van der Waals surface area contributed by atoms with Gasteiger partial charge in [-0.1, -0.05) is 30.3 Å². The van der Waals surface area contributed by atoms with Gasteiger partial charge in [0.25, 0.3) is 0 Å². The van der Waals surface area contributed by atoms with Gasteiger partial charge in [0.2, 0.25) is 0 Å². The summed E-state index contributed by atoms with van der Waals surface area (Å²) in [6.45, 7) is 3.69. The van der Waals surface area contributed by atoms with Crippen LogP contribution < -0.4 is 5.32 Å². The molecular weight excluding hydrogens is 236 g/mol. The lowest BCUT2D eigenvalue weighted by Gasteiger charge is -2.36. The molecule has 3 nitrogen and oxygen atoms in total. The Morgan fingerprint density at radius 1 is 1.26 bits per heavy atom. The average molecular weight is 262 g/mol. The fraction of sp³-hybridized carbons (Fsp3) is 0.625. The second-order valence-electron chi connectivity index (χ2n) is 5.51. The molecule has 3 heteroatoms. The minimum atomic E-state index is 0.287. The Bertz CT molecular complexity index is 347.